The Morgan fingerprint density at radius 2 is 1.96 bits per heavy atom. The number of ether oxygens (including phenoxy) is 1. The van der Waals surface area contributed by atoms with Crippen LogP contribution in [0.15, 0.2) is 30.3 Å². The standard InChI is InChI=1S/C20H29NO3/c22-20(23)19-15-17-9-4-5-10-18(17)21(19)12-6-13-24-14-11-16-7-2-1-3-8-16/h1-3,7-8,17-19H,4-6,9-15H2,(H,22,23). The molecule has 0 spiro atoms. The third kappa shape index (κ3) is 4.37. The molecule has 2 fully saturated rings. The van der Waals surface area contributed by atoms with E-state index in [1.807, 2.05) is 6.07 Å². The van der Waals surface area contributed by atoms with Crippen molar-refractivity contribution in [2.45, 2.75) is 57.0 Å². The highest BCUT2D eigenvalue weighted by Gasteiger charge is 2.44. The van der Waals surface area contributed by atoms with Gasteiger partial charge in [-0.05, 0) is 43.6 Å². The minimum atomic E-state index is -0.644. The summed E-state index contributed by atoms with van der Waals surface area (Å²) in [5, 5.41) is 9.52. The van der Waals surface area contributed by atoms with Crippen LogP contribution in [0.3, 0.4) is 0 Å². The van der Waals surface area contributed by atoms with Crippen molar-refractivity contribution in [1.82, 2.24) is 4.90 Å². The molecule has 1 aliphatic carbocycles. The lowest BCUT2D eigenvalue weighted by Gasteiger charge is -2.32. The summed E-state index contributed by atoms with van der Waals surface area (Å²) in [6, 6.07) is 10.6. The van der Waals surface area contributed by atoms with Crippen molar-refractivity contribution < 1.29 is 14.6 Å². The summed E-state index contributed by atoms with van der Waals surface area (Å²) < 4.78 is 5.76. The number of aliphatic carboxylic acids is 1. The van der Waals surface area contributed by atoms with Crippen LogP contribution in [0.4, 0.5) is 0 Å². The Morgan fingerprint density at radius 1 is 1.17 bits per heavy atom. The Kier molecular flexibility index (Phi) is 6.27. The number of likely N-dealkylation sites (tertiary alicyclic amines) is 1. The number of hydrogen-bond donors (Lipinski definition) is 1. The molecule has 132 valence electrons. The summed E-state index contributed by atoms with van der Waals surface area (Å²) in [6.07, 6.45) is 7.59. The molecule has 0 aromatic heterocycles. The molecule has 3 rings (SSSR count). The number of rotatable bonds is 8. The van der Waals surface area contributed by atoms with Gasteiger partial charge in [-0.15, -0.1) is 0 Å². The summed E-state index contributed by atoms with van der Waals surface area (Å²) in [7, 11) is 0. The van der Waals surface area contributed by atoms with E-state index < -0.39 is 5.97 Å². The van der Waals surface area contributed by atoms with Gasteiger partial charge in [-0.25, -0.2) is 0 Å². The lowest BCUT2D eigenvalue weighted by molar-refractivity contribution is -0.142. The van der Waals surface area contributed by atoms with Crippen molar-refractivity contribution in [2.75, 3.05) is 19.8 Å². The monoisotopic (exact) mass is 331 g/mol. The first-order chi connectivity index (χ1) is 11.8. The molecule has 4 nitrogen and oxygen atoms in total. The Hall–Kier alpha value is -1.39. The first-order valence-electron chi connectivity index (χ1n) is 9.36. The van der Waals surface area contributed by atoms with E-state index in [-0.39, 0.29) is 6.04 Å². The first-order valence-corrected chi connectivity index (χ1v) is 9.36. The molecule has 4 heteroatoms. The van der Waals surface area contributed by atoms with Crippen LogP contribution in [0.1, 0.15) is 44.1 Å². The normalized spacial score (nSPS) is 27.1. The molecule has 3 atom stereocenters. The number of nitrogens with zero attached hydrogens (tertiary/aromatic N) is 1. The first kappa shape index (κ1) is 17.4. The summed E-state index contributed by atoms with van der Waals surface area (Å²) >= 11 is 0. The van der Waals surface area contributed by atoms with Gasteiger partial charge in [0.1, 0.15) is 6.04 Å². The Labute approximate surface area is 144 Å². The van der Waals surface area contributed by atoms with Crippen molar-refractivity contribution in [2.24, 2.45) is 5.92 Å². The van der Waals surface area contributed by atoms with E-state index in [0.29, 0.717) is 18.6 Å². The van der Waals surface area contributed by atoms with Crippen LogP contribution in [-0.2, 0) is 16.0 Å². The SMILES string of the molecule is O=C(O)C1CC2CCCCC2N1CCCOCCc1ccccc1. The van der Waals surface area contributed by atoms with E-state index in [1.54, 1.807) is 0 Å². The van der Waals surface area contributed by atoms with Crippen molar-refractivity contribution in [1.29, 1.82) is 0 Å². The summed E-state index contributed by atoms with van der Waals surface area (Å²) in [5.41, 5.74) is 1.30. The van der Waals surface area contributed by atoms with Crippen LogP contribution in [-0.4, -0.2) is 47.8 Å². The Balaban J connectivity index is 1.39. The molecule has 1 saturated heterocycles. The molecule has 1 aliphatic heterocycles. The fraction of sp³-hybridized carbons (Fsp3) is 0.650. The second-order valence-electron chi connectivity index (χ2n) is 7.14. The maximum Gasteiger partial charge on any atom is 0.320 e. The van der Waals surface area contributed by atoms with Crippen molar-refractivity contribution in [3.05, 3.63) is 35.9 Å². The van der Waals surface area contributed by atoms with Gasteiger partial charge in [-0.2, -0.15) is 0 Å². The molecule has 24 heavy (non-hydrogen) atoms. The number of fused-ring (bicyclic) bond motifs is 1. The number of carbonyl (C=O) groups is 1. The predicted molar refractivity (Wildman–Crippen MR) is 94.1 cm³/mol. The third-order valence-electron chi connectivity index (χ3n) is 5.59. The van der Waals surface area contributed by atoms with E-state index in [2.05, 4.69) is 29.2 Å². The van der Waals surface area contributed by atoms with E-state index in [1.165, 1.54) is 31.2 Å². The second kappa shape index (κ2) is 8.63. The highest BCUT2D eigenvalue weighted by Crippen LogP contribution is 2.39. The van der Waals surface area contributed by atoms with Gasteiger partial charge in [-0.3, -0.25) is 9.69 Å². The van der Waals surface area contributed by atoms with Crippen molar-refractivity contribution >= 4 is 5.97 Å². The molecule has 1 saturated carbocycles. The second-order valence-corrected chi connectivity index (χ2v) is 7.14. The zero-order valence-corrected chi connectivity index (χ0v) is 14.4. The summed E-state index contributed by atoms with van der Waals surface area (Å²) in [4.78, 5) is 13.8. The molecule has 0 radical (unpaired) electrons. The summed E-state index contributed by atoms with van der Waals surface area (Å²) in [5.74, 6) is -0.0479. The third-order valence-corrected chi connectivity index (χ3v) is 5.59. The topological polar surface area (TPSA) is 49.8 Å². The van der Waals surface area contributed by atoms with Gasteiger partial charge >= 0.3 is 5.97 Å². The quantitative estimate of drug-likeness (QED) is 0.742. The van der Waals surface area contributed by atoms with Gasteiger partial charge in [0.05, 0.1) is 6.61 Å². The van der Waals surface area contributed by atoms with Gasteiger partial charge in [0.15, 0.2) is 0 Å². The molecular formula is C20H29NO3. The molecule has 1 N–H and O–H groups in total. The molecule has 1 aromatic rings. The van der Waals surface area contributed by atoms with Crippen LogP contribution in [0.5, 0.6) is 0 Å². The number of carboxylic acid groups (broad SMARTS) is 1. The zero-order chi connectivity index (χ0) is 16.8. The average molecular weight is 331 g/mol. The van der Waals surface area contributed by atoms with Crippen LogP contribution in [0.2, 0.25) is 0 Å². The zero-order valence-electron chi connectivity index (χ0n) is 14.4. The number of hydrogen-bond acceptors (Lipinski definition) is 3. The number of carboxylic acids is 1. The largest absolute Gasteiger partial charge is 0.480 e. The van der Waals surface area contributed by atoms with E-state index in [9.17, 15) is 9.90 Å². The van der Waals surface area contributed by atoms with Crippen molar-refractivity contribution in [3.8, 4) is 0 Å². The van der Waals surface area contributed by atoms with Gasteiger partial charge in [0.25, 0.3) is 0 Å². The molecule has 2 aliphatic rings. The van der Waals surface area contributed by atoms with Crippen LogP contribution in [0.25, 0.3) is 0 Å². The predicted octanol–water partition coefficient (Wildman–Crippen LogP) is 3.35. The maximum atomic E-state index is 11.6. The maximum absolute atomic E-state index is 11.6. The van der Waals surface area contributed by atoms with Crippen LogP contribution >= 0.6 is 0 Å². The lowest BCUT2D eigenvalue weighted by Crippen LogP contribution is -2.43. The van der Waals surface area contributed by atoms with Gasteiger partial charge in [-0.1, -0.05) is 43.2 Å². The van der Waals surface area contributed by atoms with Crippen LogP contribution < -0.4 is 0 Å². The Morgan fingerprint density at radius 3 is 2.75 bits per heavy atom. The molecule has 3 unspecified atom stereocenters. The minimum Gasteiger partial charge on any atom is -0.480 e. The fourth-order valence-electron chi connectivity index (χ4n) is 4.40. The van der Waals surface area contributed by atoms with Gasteiger partial charge in [0, 0.05) is 19.2 Å². The molecule has 1 heterocycles. The summed E-state index contributed by atoms with van der Waals surface area (Å²) in [6.45, 7) is 2.30. The van der Waals surface area contributed by atoms with Gasteiger partial charge in [0.2, 0.25) is 0 Å². The van der Waals surface area contributed by atoms with Crippen molar-refractivity contribution in [3.63, 3.8) is 0 Å². The lowest BCUT2D eigenvalue weighted by atomic mass is 9.85. The average Bonchev–Trinajstić information content (AvgIpc) is 2.98. The van der Waals surface area contributed by atoms with Gasteiger partial charge < -0.3 is 9.84 Å². The smallest absolute Gasteiger partial charge is 0.320 e. The molecular weight excluding hydrogens is 302 g/mol. The van der Waals surface area contributed by atoms with E-state index >= 15 is 0 Å². The Bertz CT molecular complexity index is 519. The molecule has 1 aromatic carbocycles. The van der Waals surface area contributed by atoms with E-state index in [0.717, 1.165) is 32.4 Å². The number of benzene rings is 1. The highest BCUT2D eigenvalue weighted by molar-refractivity contribution is 5.74. The highest BCUT2D eigenvalue weighted by atomic mass is 16.5. The molecule has 0 amide bonds. The van der Waals surface area contributed by atoms with E-state index in [4.69, 9.17) is 4.74 Å². The molecule has 0 bridgehead atoms. The minimum absolute atomic E-state index is 0.276. The van der Waals surface area contributed by atoms with Crippen LogP contribution in [0, 0.1) is 5.92 Å². The fourth-order valence-corrected chi connectivity index (χ4v) is 4.40.